The molecule has 3 aromatic carbocycles. The van der Waals surface area contributed by atoms with E-state index in [1.807, 2.05) is 24.3 Å². The molecule has 0 spiro atoms. The molecule has 1 unspecified atom stereocenters. The number of nitrogens with two attached hydrogens (primary N) is 1. The molecule has 0 fully saturated rings. The molecule has 0 saturated heterocycles. The highest BCUT2D eigenvalue weighted by atomic mass is 35.5. The molecule has 3 N–H and O–H groups in total. The van der Waals surface area contributed by atoms with Crippen molar-refractivity contribution in [2.24, 2.45) is 0 Å². The number of tetrazole rings is 1. The van der Waals surface area contributed by atoms with Crippen LogP contribution in [0.3, 0.4) is 0 Å². The van der Waals surface area contributed by atoms with E-state index in [-0.39, 0.29) is 39.6 Å². The number of nitrogens with one attached hydrogen (secondary N) is 1. The van der Waals surface area contributed by atoms with Crippen molar-refractivity contribution in [3.8, 4) is 17.3 Å². The number of aromatic amines is 1. The number of nitrogen functional groups attached to an aromatic ring is 1. The summed E-state index contributed by atoms with van der Waals surface area (Å²) >= 11 is 5.96. The Kier molecular flexibility index (Phi) is 6.70. The molecule has 1 atom stereocenters. The number of carbonyl (C=O) groups is 1. The van der Waals surface area contributed by atoms with E-state index in [2.05, 4.69) is 27.5 Å². The third-order valence-electron chi connectivity index (χ3n) is 6.13. The summed E-state index contributed by atoms with van der Waals surface area (Å²) in [7, 11) is 0. The number of anilines is 1. The van der Waals surface area contributed by atoms with Crippen LogP contribution in [-0.2, 0) is 0 Å². The number of ketones is 1. The highest BCUT2D eigenvalue weighted by Crippen LogP contribution is 2.28. The molecule has 9 nitrogen and oxygen atoms in total. The molecule has 0 bridgehead atoms. The third kappa shape index (κ3) is 4.94. The average molecular weight is 516 g/mol. The van der Waals surface area contributed by atoms with Crippen LogP contribution in [0.2, 0.25) is 5.02 Å². The second-order valence-electron chi connectivity index (χ2n) is 8.55. The van der Waals surface area contributed by atoms with Gasteiger partial charge < -0.3 is 14.9 Å². The number of aromatic nitrogens is 4. The molecule has 5 rings (SSSR count). The first-order valence-electron chi connectivity index (χ1n) is 11.5. The monoisotopic (exact) mass is 515 g/mol. The van der Waals surface area contributed by atoms with Crippen molar-refractivity contribution in [3.05, 3.63) is 98.7 Å². The maximum Gasteiger partial charge on any atom is 0.217 e. The fraction of sp³-hybridized carbons (Fsp3) is 0.148. The van der Waals surface area contributed by atoms with Crippen LogP contribution in [-0.4, -0.2) is 33.0 Å². The highest BCUT2D eigenvalue weighted by Gasteiger charge is 2.21. The van der Waals surface area contributed by atoms with E-state index < -0.39 is 5.43 Å². The molecule has 0 radical (unpaired) electrons. The number of hydrogen-bond donors (Lipinski definition) is 2. The van der Waals surface area contributed by atoms with Crippen molar-refractivity contribution >= 4 is 34.0 Å². The van der Waals surface area contributed by atoms with Crippen LogP contribution < -0.4 is 15.9 Å². The van der Waals surface area contributed by atoms with Crippen molar-refractivity contribution in [1.82, 2.24) is 20.6 Å². The Labute approximate surface area is 216 Å². The number of carbonyl (C=O) groups excluding carboxylic acids is 1. The Morgan fingerprint density at radius 3 is 2.57 bits per heavy atom. The van der Waals surface area contributed by atoms with Gasteiger partial charge in [-0.3, -0.25) is 9.59 Å². The molecule has 2 aromatic heterocycles. The van der Waals surface area contributed by atoms with Crippen LogP contribution in [0.4, 0.5) is 5.69 Å². The molecular formula is C27H22ClN5O4. The Morgan fingerprint density at radius 1 is 1.11 bits per heavy atom. The van der Waals surface area contributed by atoms with Crippen molar-refractivity contribution in [2.75, 3.05) is 12.3 Å². The molecule has 0 saturated carbocycles. The first-order valence-corrected chi connectivity index (χ1v) is 11.9. The van der Waals surface area contributed by atoms with Crippen LogP contribution in [0, 0.1) is 0 Å². The minimum atomic E-state index is -0.536. The summed E-state index contributed by atoms with van der Waals surface area (Å²) in [6.45, 7) is 2.65. The highest BCUT2D eigenvalue weighted by molar-refractivity contribution is 6.30. The summed E-state index contributed by atoms with van der Waals surface area (Å²) in [6.07, 6.45) is 0.821. The smallest absolute Gasteiger partial charge is 0.217 e. The van der Waals surface area contributed by atoms with E-state index in [1.165, 1.54) is 5.56 Å². The minimum absolute atomic E-state index is 0.0129. The number of halogens is 1. The molecule has 37 heavy (non-hydrogen) atoms. The molecule has 0 amide bonds. The van der Waals surface area contributed by atoms with Gasteiger partial charge in [-0.25, -0.2) is 5.10 Å². The van der Waals surface area contributed by atoms with Crippen LogP contribution in [0.1, 0.15) is 40.7 Å². The maximum atomic E-state index is 13.3. The number of rotatable bonds is 8. The van der Waals surface area contributed by atoms with E-state index in [9.17, 15) is 9.59 Å². The molecular weight excluding hydrogens is 494 g/mol. The lowest BCUT2D eigenvalue weighted by molar-refractivity contribution is 0.104. The molecule has 0 aliphatic heterocycles. The van der Waals surface area contributed by atoms with Gasteiger partial charge >= 0.3 is 0 Å². The normalized spacial score (nSPS) is 11.9. The van der Waals surface area contributed by atoms with E-state index in [0.717, 1.165) is 6.42 Å². The summed E-state index contributed by atoms with van der Waals surface area (Å²) in [4.78, 5) is 26.4. The number of benzene rings is 3. The minimum Gasteiger partial charge on any atom is -0.494 e. The average Bonchev–Trinajstić information content (AvgIpc) is 3.45. The van der Waals surface area contributed by atoms with Crippen LogP contribution in [0.15, 0.2) is 75.9 Å². The number of fused-ring (bicyclic) bond motifs is 1. The summed E-state index contributed by atoms with van der Waals surface area (Å²) < 4.78 is 11.7. The second kappa shape index (κ2) is 10.2. The molecule has 2 heterocycles. The van der Waals surface area contributed by atoms with Gasteiger partial charge in [-0.1, -0.05) is 42.8 Å². The topological polar surface area (TPSA) is 137 Å². The Bertz CT molecular complexity index is 1610. The quantitative estimate of drug-likeness (QED) is 0.275. The number of hydrogen-bond acceptors (Lipinski definition) is 8. The van der Waals surface area contributed by atoms with Crippen LogP contribution >= 0.6 is 11.6 Å². The zero-order valence-corrected chi connectivity index (χ0v) is 20.5. The lowest BCUT2D eigenvalue weighted by Gasteiger charge is -2.13. The Morgan fingerprint density at radius 2 is 1.86 bits per heavy atom. The van der Waals surface area contributed by atoms with E-state index in [0.29, 0.717) is 28.9 Å². The zero-order chi connectivity index (χ0) is 25.9. The first kappa shape index (κ1) is 24.2. The van der Waals surface area contributed by atoms with Gasteiger partial charge in [-0.05, 0) is 70.8 Å². The number of nitrogens with zero attached hydrogens (tertiary/aromatic N) is 3. The summed E-state index contributed by atoms with van der Waals surface area (Å²) in [5, 5.41) is 14.0. The third-order valence-corrected chi connectivity index (χ3v) is 6.39. The molecule has 5 aromatic rings. The van der Waals surface area contributed by atoms with Gasteiger partial charge in [0.1, 0.15) is 17.0 Å². The lowest BCUT2D eigenvalue weighted by atomic mass is 9.98. The molecule has 0 aliphatic rings. The van der Waals surface area contributed by atoms with Crippen LogP contribution in [0.5, 0.6) is 5.75 Å². The van der Waals surface area contributed by atoms with Gasteiger partial charge in [0, 0.05) is 16.1 Å². The van der Waals surface area contributed by atoms with E-state index in [1.54, 1.807) is 42.5 Å². The van der Waals surface area contributed by atoms with Crippen LogP contribution in [0.25, 0.3) is 22.6 Å². The summed E-state index contributed by atoms with van der Waals surface area (Å²) in [6, 6.07) is 19.4. The van der Waals surface area contributed by atoms with Gasteiger partial charge in [0.05, 0.1) is 12.0 Å². The molecule has 10 heteroatoms. The summed E-state index contributed by atoms with van der Waals surface area (Å²) in [5.41, 5.74) is 7.27. The second-order valence-corrected chi connectivity index (χ2v) is 8.98. The fourth-order valence-electron chi connectivity index (χ4n) is 4.04. The van der Waals surface area contributed by atoms with Gasteiger partial charge in [-0.2, -0.15) is 0 Å². The SMILES string of the molecule is CC(CCOc1ccc(C(=O)c2cccc3oc(-c4nnn[nH]4)c(N)c(=O)c23)cc1)c1ccc(Cl)cc1. The van der Waals surface area contributed by atoms with E-state index >= 15 is 0 Å². The fourth-order valence-corrected chi connectivity index (χ4v) is 4.17. The number of ether oxygens (including phenoxy) is 1. The van der Waals surface area contributed by atoms with Crippen molar-refractivity contribution in [3.63, 3.8) is 0 Å². The molecule has 186 valence electrons. The predicted molar refractivity (Wildman–Crippen MR) is 140 cm³/mol. The van der Waals surface area contributed by atoms with Crippen molar-refractivity contribution in [1.29, 1.82) is 0 Å². The summed E-state index contributed by atoms with van der Waals surface area (Å²) in [5.74, 6) is 0.746. The molecule has 0 aliphatic carbocycles. The standard InChI is InChI=1S/C27H22ClN5O4/c1-15(16-5-9-18(28)10-6-16)13-14-36-19-11-7-17(8-12-19)24(34)20-3-2-4-21-22(20)25(35)23(29)26(37-21)27-30-32-33-31-27/h2-12,15H,13-14,29H2,1H3,(H,30,31,32,33). The predicted octanol–water partition coefficient (Wildman–Crippen LogP) is 5.01. The maximum absolute atomic E-state index is 13.3. The Balaban J connectivity index is 1.32. The van der Waals surface area contributed by atoms with Crippen molar-refractivity contribution in [2.45, 2.75) is 19.3 Å². The van der Waals surface area contributed by atoms with E-state index in [4.69, 9.17) is 26.5 Å². The zero-order valence-electron chi connectivity index (χ0n) is 19.8. The van der Waals surface area contributed by atoms with Gasteiger partial charge in [0.15, 0.2) is 11.5 Å². The van der Waals surface area contributed by atoms with Gasteiger partial charge in [0.25, 0.3) is 0 Å². The van der Waals surface area contributed by atoms with Gasteiger partial charge in [-0.15, -0.1) is 5.10 Å². The van der Waals surface area contributed by atoms with Gasteiger partial charge in [0.2, 0.25) is 11.3 Å². The number of H-pyrrole nitrogens is 1. The van der Waals surface area contributed by atoms with Crippen molar-refractivity contribution < 1.29 is 13.9 Å². The lowest BCUT2D eigenvalue weighted by Crippen LogP contribution is -2.14. The Hall–Kier alpha value is -4.50. The largest absolute Gasteiger partial charge is 0.494 e. The first-order chi connectivity index (χ1) is 17.9.